The first kappa shape index (κ1) is 23.6. The summed E-state index contributed by atoms with van der Waals surface area (Å²) < 4.78 is 3.57. The van der Waals surface area contributed by atoms with Crippen LogP contribution in [0.4, 0.5) is 17.3 Å². The first-order valence-electron chi connectivity index (χ1n) is 14.2. The topological polar surface area (TPSA) is 88.3 Å². The summed E-state index contributed by atoms with van der Waals surface area (Å²) >= 11 is 0. The highest BCUT2D eigenvalue weighted by Gasteiger charge is 2.48. The molecule has 4 aliphatic rings. The molecule has 1 amide bonds. The number of rotatable bonds is 2. The molecule has 0 atom stereocenters. The van der Waals surface area contributed by atoms with Gasteiger partial charge in [0.05, 0.1) is 18.7 Å². The standard InChI is InChI=1S/C31H31N7O2/c1-35-18-21-14-22(7-9-25(21)31(19-35)10-11-31)33-30-32-17-24-28(34-30)38-23-8-6-20-15-27(39)36(26(20)16-23)12-4-2-3-5-13-37(38)29(24)40/h3,5-9,14,16-17H,2,4,10-13,15,18-19H2,1H3,(H,32,33,34)/b5-3-. The number of nitrogens with zero attached hydrogens (tertiary/aromatic N) is 6. The molecule has 1 aliphatic carbocycles. The summed E-state index contributed by atoms with van der Waals surface area (Å²) in [4.78, 5) is 40.0. The van der Waals surface area contributed by atoms with Crippen molar-refractivity contribution in [3.05, 3.63) is 81.8 Å². The van der Waals surface area contributed by atoms with Crippen LogP contribution in [0.3, 0.4) is 0 Å². The molecule has 8 rings (SSSR count). The van der Waals surface area contributed by atoms with Crippen molar-refractivity contribution >= 4 is 34.3 Å². The third-order valence-electron chi connectivity index (χ3n) is 8.92. The lowest BCUT2D eigenvalue weighted by Gasteiger charge is -2.32. The largest absolute Gasteiger partial charge is 0.324 e. The molecule has 0 unspecified atom stereocenters. The molecular formula is C31H31N7O2. The normalized spacial score (nSPS) is 20.1. The number of amides is 1. The molecular weight excluding hydrogens is 502 g/mol. The van der Waals surface area contributed by atoms with Crippen LogP contribution in [0.5, 0.6) is 0 Å². The molecule has 3 aliphatic heterocycles. The van der Waals surface area contributed by atoms with E-state index in [9.17, 15) is 9.59 Å². The predicted molar refractivity (Wildman–Crippen MR) is 155 cm³/mol. The van der Waals surface area contributed by atoms with E-state index in [-0.39, 0.29) is 11.5 Å². The average Bonchev–Trinajstić information content (AvgIpc) is 3.54. The van der Waals surface area contributed by atoms with Crippen LogP contribution in [-0.2, 0) is 29.7 Å². The molecule has 4 aromatic rings. The molecule has 1 saturated carbocycles. The summed E-state index contributed by atoms with van der Waals surface area (Å²) in [6.45, 7) is 3.18. The van der Waals surface area contributed by atoms with Gasteiger partial charge in [0.1, 0.15) is 5.39 Å². The lowest BCUT2D eigenvalue weighted by atomic mass is 9.87. The fourth-order valence-corrected chi connectivity index (χ4v) is 6.87. The zero-order valence-electron chi connectivity index (χ0n) is 22.6. The van der Waals surface area contributed by atoms with Gasteiger partial charge in [-0.3, -0.25) is 9.59 Å². The number of likely N-dealkylation sites (N-methyl/N-ethyl adjacent to an activating group) is 1. The molecule has 9 nitrogen and oxygen atoms in total. The highest BCUT2D eigenvalue weighted by Crippen LogP contribution is 2.52. The van der Waals surface area contributed by atoms with Gasteiger partial charge in [0, 0.05) is 42.6 Å². The van der Waals surface area contributed by atoms with Gasteiger partial charge in [-0.15, -0.1) is 0 Å². The van der Waals surface area contributed by atoms with Crippen molar-refractivity contribution in [1.82, 2.24) is 24.2 Å². The Morgan fingerprint density at radius 3 is 2.80 bits per heavy atom. The van der Waals surface area contributed by atoms with E-state index >= 15 is 0 Å². The third-order valence-corrected chi connectivity index (χ3v) is 8.92. The second-order valence-electron chi connectivity index (χ2n) is 11.7. The van der Waals surface area contributed by atoms with Crippen molar-refractivity contribution < 1.29 is 4.79 Å². The minimum atomic E-state index is -0.136. The molecule has 40 heavy (non-hydrogen) atoms. The van der Waals surface area contributed by atoms with Crippen molar-refractivity contribution in [2.24, 2.45) is 0 Å². The third kappa shape index (κ3) is 3.64. The Balaban J connectivity index is 1.23. The molecule has 1 spiro atoms. The number of hydrogen-bond donors (Lipinski definition) is 1. The van der Waals surface area contributed by atoms with Crippen molar-refractivity contribution in [3.8, 4) is 5.69 Å². The van der Waals surface area contributed by atoms with E-state index < -0.39 is 0 Å². The molecule has 5 heterocycles. The zero-order chi connectivity index (χ0) is 27.0. The number of nitrogens with one attached hydrogen (secondary N) is 1. The molecule has 0 saturated heterocycles. The van der Waals surface area contributed by atoms with E-state index in [1.54, 1.807) is 10.9 Å². The van der Waals surface area contributed by atoms with E-state index in [4.69, 9.17) is 4.98 Å². The summed E-state index contributed by atoms with van der Waals surface area (Å²) in [6.07, 6.45) is 10.4. The molecule has 2 aromatic carbocycles. The molecule has 0 radical (unpaired) electrons. The number of aromatic nitrogens is 4. The Morgan fingerprint density at radius 2 is 1.93 bits per heavy atom. The monoisotopic (exact) mass is 533 g/mol. The van der Waals surface area contributed by atoms with Crippen LogP contribution >= 0.6 is 0 Å². The Morgan fingerprint density at radius 1 is 1.02 bits per heavy atom. The van der Waals surface area contributed by atoms with Crippen molar-refractivity contribution in [1.29, 1.82) is 0 Å². The van der Waals surface area contributed by atoms with Crippen LogP contribution < -0.4 is 15.8 Å². The summed E-state index contributed by atoms with van der Waals surface area (Å²) in [7, 11) is 2.19. The fraction of sp³-hybridized carbons (Fsp3) is 0.355. The summed E-state index contributed by atoms with van der Waals surface area (Å²) in [5, 5.41) is 3.86. The van der Waals surface area contributed by atoms with Gasteiger partial charge in [-0.05, 0) is 73.7 Å². The Labute approximate surface area is 231 Å². The molecule has 9 heteroatoms. The molecule has 2 bridgehead atoms. The number of carbonyl (C=O) groups excluding carboxylic acids is 1. The van der Waals surface area contributed by atoms with E-state index in [1.165, 1.54) is 24.0 Å². The van der Waals surface area contributed by atoms with Gasteiger partial charge in [0.2, 0.25) is 11.9 Å². The van der Waals surface area contributed by atoms with Gasteiger partial charge in [0.15, 0.2) is 5.65 Å². The molecule has 1 fully saturated rings. The first-order chi connectivity index (χ1) is 19.5. The van der Waals surface area contributed by atoms with Crippen molar-refractivity contribution in [2.75, 3.05) is 30.4 Å². The van der Waals surface area contributed by atoms with Gasteiger partial charge in [-0.1, -0.05) is 24.3 Å². The number of fused-ring (bicyclic) bond motifs is 7. The average molecular weight is 534 g/mol. The predicted octanol–water partition coefficient (Wildman–Crippen LogP) is 4.04. The lowest BCUT2D eigenvalue weighted by molar-refractivity contribution is -0.117. The van der Waals surface area contributed by atoms with Gasteiger partial charge >= 0.3 is 0 Å². The lowest BCUT2D eigenvalue weighted by Crippen LogP contribution is -2.35. The summed E-state index contributed by atoms with van der Waals surface area (Å²) in [5.74, 6) is 0.568. The summed E-state index contributed by atoms with van der Waals surface area (Å²) in [6, 6.07) is 12.6. The van der Waals surface area contributed by atoms with E-state index in [0.717, 1.165) is 48.6 Å². The SMILES string of the molecule is CN1Cc2cc(Nc3ncc4c(=O)n5n(c4n3)-c3ccc4c(c3)N(CCC/C=C\C5)C(=O)C4)ccc2C2(CC2)C1. The van der Waals surface area contributed by atoms with Gasteiger partial charge in [0.25, 0.3) is 5.56 Å². The van der Waals surface area contributed by atoms with E-state index in [1.807, 2.05) is 33.9 Å². The minimum Gasteiger partial charge on any atom is -0.324 e. The second-order valence-corrected chi connectivity index (χ2v) is 11.7. The number of benzene rings is 2. The number of hydrogen-bond acceptors (Lipinski definition) is 6. The van der Waals surface area contributed by atoms with Crippen molar-refractivity contribution in [2.45, 2.75) is 50.6 Å². The van der Waals surface area contributed by atoms with Crippen LogP contribution in [-0.4, -0.2) is 50.3 Å². The number of anilines is 3. The van der Waals surface area contributed by atoms with Crippen LogP contribution in [0.1, 0.15) is 42.4 Å². The Kier molecular flexibility index (Phi) is 5.10. The molecule has 2 aromatic heterocycles. The maximum Gasteiger partial charge on any atom is 0.278 e. The molecule has 1 N–H and O–H groups in total. The van der Waals surface area contributed by atoms with Crippen LogP contribution in [0.15, 0.2) is 59.5 Å². The van der Waals surface area contributed by atoms with Gasteiger partial charge in [-0.2, -0.15) is 4.98 Å². The Bertz CT molecular complexity index is 1800. The fourth-order valence-electron chi connectivity index (χ4n) is 6.87. The number of carbonyl (C=O) groups is 1. The van der Waals surface area contributed by atoms with Gasteiger partial charge < -0.3 is 15.1 Å². The van der Waals surface area contributed by atoms with E-state index in [0.29, 0.717) is 41.9 Å². The summed E-state index contributed by atoms with van der Waals surface area (Å²) in [5.41, 5.74) is 7.25. The smallest absolute Gasteiger partial charge is 0.278 e. The van der Waals surface area contributed by atoms with Crippen LogP contribution in [0.2, 0.25) is 0 Å². The van der Waals surface area contributed by atoms with E-state index in [2.05, 4.69) is 46.5 Å². The Hall–Kier alpha value is -4.24. The highest BCUT2D eigenvalue weighted by molar-refractivity contribution is 6.01. The minimum absolute atomic E-state index is 0.126. The van der Waals surface area contributed by atoms with Gasteiger partial charge in [-0.25, -0.2) is 14.3 Å². The highest BCUT2D eigenvalue weighted by atomic mass is 16.2. The quantitative estimate of drug-likeness (QED) is 0.392. The maximum absolute atomic E-state index is 13.5. The van der Waals surface area contributed by atoms with Crippen LogP contribution in [0.25, 0.3) is 16.7 Å². The van der Waals surface area contributed by atoms with Crippen molar-refractivity contribution in [3.63, 3.8) is 0 Å². The maximum atomic E-state index is 13.5. The number of allylic oxidation sites excluding steroid dienone is 2. The molecule has 202 valence electrons. The zero-order valence-corrected chi connectivity index (χ0v) is 22.6. The second kappa shape index (κ2) is 8.63. The van der Waals surface area contributed by atoms with Crippen LogP contribution in [0, 0.1) is 0 Å². The first-order valence-corrected chi connectivity index (χ1v) is 14.2.